The molecule has 2 rings (SSSR count). The fourth-order valence-electron chi connectivity index (χ4n) is 2.24. The topological polar surface area (TPSA) is 34.4 Å². The summed E-state index contributed by atoms with van der Waals surface area (Å²) in [6, 6.07) is 10.3. The van der Waals surface area contributed by atoms with Crippen molar-refractivity contribution in [2.24, 2.45) is 4.99 Å². The van der Waals surface area contributed by atoms with Gasteiger partial charge in [0.1, 0.15) is 5.49 Å². The smallest absolute Gasteiger partial charge is 0.229 e. The van der Waals surface area contributed by atoms with E-state index in [0.29, 0.717) is 12.0 Å². The van der Waals surface area contributed by atoms with E-state index in [1.807, 2.05) is 25.3 Å². The molecule has 0 radical (unpaired) electrons. The Kier molecular flexibility index (Phi) is 4.18. The van der Waals surface area contributed by atoms with Gasteiger partial charge in [0.05, 0.1) is 0 Å². The summed E-state index contributed by atoms with van der Waals surface area (Å²) in [6.45, 7) is 8.33. The molecule has 1 aromatic carbocycles. The Bertz CT molecular complexity index is 711. The largest absolute Gasteiger partial charge is 0.274 e. The molecular formula is C17H20N2O. The number of nitrogens with zero attached hydrogens (tertiary/aromatic N) is 2. The van der Waals surface area contributed by atoms with Crippen molar-refractivity contribution in [1.29, 1.82) is 0 Å². The Morgan fingerprint density at radius 2 is 1.95 bits per heavy atom. The summed E-state index contributed by atoms with van der Waals surface area (Å²) in [4.78, 5) is 16.1. The van der Waals surface area contributed by atoms with Crippen molar-refractivity contribution in [3.8, 4) is 11.1 Å². The fourth-order valence-corrected chi connectivity index (χ4v) is 2.24. The number of benzene rings is 1. The molecule has 0 amide bonds. The number of carbonyl (C=O) groups is 1. The fraction of sp³-hybridized carbons (Fsp3) is 0.294. The molecule has 0 atom stereocenters. The Balaban J connectivity index is 2.65. The van der Waals surface area contributed by atoms with Crippen molar-refractivity contribution in [3.63, 3.8) is 0 Å². The maximum atomic E-state index is 11.8. The molecule has 0 aliphatic carbocycles. The van der Waals surface area contributed by atoms with Crippen molar-refractivity contribution < 1.29 is 4.79 Å². The zero-order valence-corrected chi connectivity index (χ0v) is 12.5. The van der Waals surface area contributed by atoms with E-state index < -0.39 is 0 Å². The Labute approximate surface area is 119 Å². The van der Waals surface area contributed by atoms with E-state index in [2.05, 4.69) is 37.0 Å². The van der Waals surface area contributed by atoms with Gasteiger partial charge in [-0.05, 0) is 49.6 Å². The standard InChI is InChI=1S/C17H20N2O/c1-5-18-17-9-8-15(11-19(17)14(4)20)16-10-12(2)6-7-13(16)3/h6-11H,5H2,1-4H3. The molecule has 0 aliphatic rings. The van der Waals surface area contributed by atoms with Crippen LogP contribution in [0.3, 0.4) is 0 Å². The molecule has 0 bridgehead atoms. The molecule has 3 nitrogen and oxygen atoms in total. The molecule has 0 N–H and O–H groups in total. The van der Waals surface area contributed by atoms with Gasteiger partial charge >= 0.3 is 0 Å². The quantitative estimate of drug-likeness (QED) is 0.822. The summed E-state index contributed by atoms with van der Waals surface area (Å²) in [6.07, 6.45) is 1.87. The minimum atomic E-state index is -0.0237. The van der Waals surface area contributed by atoms with E-state index in [-0.39, 0.29) is 5.91 Å². The Hall–Kier alpha value is -2.16. The average molecular weight is 268 g/mol. The highest BCUT2D eigenvalue weighted by Crippen LogP contribution is 2.23. The number of hydrogen-bond acceptors (Lipinski definition) is 2. The van der Waals surface area contributed by atoms with E-state index in [4.69, 9.17) is 0 Å². The predicted octanol–water partition coefficient (Wildman–Crippen LogP) is 3.35. The first-order valence-electron chi connectivity index (χ1n) is 6.84. The van der Waals surface area contributed by atoms with Gasteiger partial charge in [-0.1, -0.05) is 23.8 Å². The second-order valence-corrected chi connectivity index (χ2v) is 4.96. The first-order valence-corrected chi connectivity index (χ1v) is 6.84. The molecular weight excluding hydrogens is 248 g/mol. The molecule has 0 fully saturated rings. The van der Waals surface area contributed by atoms with Crippen molar-refractivity contribution in [3.05, 3.63) is 53.1 Å². The third-order valence-corrected chi connectivity index (χ3v) is 3.29. The number of hydrogen-bond donors (Lipinski definition) is 0. The van der Waals surface area contributed by atoms with Gasteiger partial charge in [-0.2, -0.15) is 0 Å². The third kappa shape index (κ3) is 2.87. The lowest BCUT2D eigenvalue weighted by Crippen LogP contribution is -2.25. The Morgan fingerprint density at radius 3 is 2.60 bits per heavy atom. The number of pyridine rings is 1. The van der Waals surface area contributed by atoms with Gasteiger partial charge in [-0.3, -0.25) is 14.4 Å². The lowest BCUT2D eigenvalue weighted by atomic mass is 10.00. The second-order valence-electron chi connectivity index (χ2n) is 4.96. The van der Waals surface area contributed by atoms with Crippen molar-refractivity contribution in [1.82, 2.24) is 4.57 Å². The maximum Gasteiger partial charge on any atom is 0.229 e. The monoisotopic (exact) mass is 268 g/mol. The van der Waals surface area contributed by atoms with Crippen LogP contribution >= 0.6 is 0 Å². The third-order valence-electron chi connectivity index (χ3n) is 3.29. The number of aryl methyl sites for hydroxylation is 2. The molecule has 0 unspecified atom stereocenters. The summed E-state index contributed by atoms with van der Waals surface area (Å²) >= 11 is 0. The minimum absolute atomic E-state index is 0.0237. The molecule has 104 valence electrons. The summed E-state index contributed by atoms with van der Waals surface area (Å²) in [7, 11) is 0. The van der Waals surface area contributed by atoms with Gasteiger partial charge in [0.25, 0.3) is 0 Å². The molecule has 0 spiro atoms. The van der Waals surface area contributed by atoms with Gasteiger partial charge in [0.15, 0.2) is 0 Å². The van der Waals surface area contributed by atoms with Crippen LogP contribution in [0.1, 0.15) is 29.8 Å². The molecule has 2 aromatic rings. The molecule has 1 heterocycles. The highest BCUT2D eigenvalue weighted by molar-refractivity contribution is 5.78. The van der Waals surface area contributed by atoms with E-state index in [9.17, 15) is 4.79 Å². The van der Waals surface area contributed by atoms with Gasteiger partial charge in [-0.25, -0.2) is 0 Å². The normalized spacial score (nSPS) is 11.7. The zero-order chi connectivity index (χ0) is 14.7. The number of aromatic nitrogens is 1. The Morgan fingerprint density at radius 1 is 1.20 bits per heavy atom. The maximum absolute atomic E-state index is 11.8. The van der Waals surface area contributed by atoms with Crippen LogP contribution in [0.2, 0.25) is 0 Å². The first-order chi connectivity index (χ1) is 9.52. The van der Waals surface area contributed by atoms with E-state index in [1.54, 1.807) is 11.5 Å². The summed E-state index contributed by atoms with van der Waals surface area (Å²) in [5.41, 5.74) is 5.31. The van der Waals surface area contributed by atoms with Gasteiger partial charge < -0.3 is 0 Å². The average Bonchev–Trinajstić information content (AvgIpc) is 2.42. The minimum Gasteiger partial charge on any atom is -0.274 e. The SMILES string of the molecule is CCN=c1ccc(-c2cc(C)ccc2C)cn1C(C)=O. The molecule has 3 heteroatoms. The predicted molar refractivity (Wildman–Crippen MR) is 81.7 cm³/mol. The lowest BCUT2D eigenvalue weighted by Gasteiger charge is -2.10. The first kappa shape index (κ1) is 14.3. The van der Waals surface area contributed by atoms with Gasteiger partial charge in [0.2, 0.25) is 5.91 Å². The van der Waals surface area contributed by atoms with E-state index in [0.717, 1.165) is 11.1 Å². The van der Waals surface area contributed by atoms with Gasteiger partial charge in [0, 0.05) is 19.7 Å². The molecule has 0 saturated carbocycles. The van der Waals surface area contributed by atoms with Crippen molar-refractivity contribution in [2.45, 2.75) is 27.7 Å². The zero-order valence-electron chi connectivity index (χ0n) is 12.5. The van der Waals surface area contributed by atoms with Crippen LogP contribution < -0.4 is 5.49 Å². The van der Waals surface area contributed by atoms with Crippen LogP contribution in [-0.4, -0.2) is 17.0 Å². The second kappa shape index (κ2) is 5.87. The van der Waals surface area contributed by atoms with Crippen molar-refractivity contribution >= 4 is 5.91 Å². The molecule has 0 saturated heterocycles. The van der Waals surface area contributed by atoms with Gasteiger partial charge in [-0.15, -0.1) is 0 Å². The number of carbonyl (C=O) groups excluding carboxylic acids is 1. The summed E-state index contributed by atoms with van der Waals surface area (Å²) in [5.74, 6) is -0.0237. The van der Waals surface area contributed by atoms with E-state index in [1.165, 1.54) is 11.1 Å². The highest BCUT2D eigenvalue weighted by atomic mass is 16.1. The van der Waals surface area contributed by atoms with Crippen LogP contribution in [0.15, 0.2) is 41.5 Å². The van der Waals surface area contributed by atoms with E-state index >= 15 is 0 Å². The summed E-state index contributed by atoms with van der Waals surface area (Å²) in [5, 5.41) is 0. The van der Waals surface area contributed by atoms with Crippen LogP contribution in [0.5, 0.6) is 0 Å². The van der Waals surface area contributed by atoms with Crippen molar-refractivity contribution in [2.75, 3.05) is 6.54 Å². The molecule has 20 heavy (non-hydrogen) atoms. The van der Waals surface area contributed by atoms with Crippen LogP contribution in [-0.2, 0) is 0 Å². The summed E-state index contributed by atoms with van der Waals surface area (Å²) < 4.78 is 1.61. The van der Waals surface area contributed by atoms with Crippen LogP contribution in [0.4, 0.5) is 0 Å². The molecule has 1 aromatic heterocycles. The van der Waals surface area contributed by atoms with Crippen LogP contribution in [0.25, 0.3) is 11.1 Å². The van der Waals surface area contributed by atoms with Crippen LogP contribution in [0, 0.1) is 13.8 Å². The number of rotatable bonds is 2. The molecule has 0 aliphatic heterocycles. The lowest BCUT2D eigenvalue weighted by molar-refractivity contribution is 0.0931. The highest BCUT2D eigenvalue weighted by Gasteiger charge is 2.06.